The highest BCUT2D eigenvalue weighted by Crippen LogP contribution is 2.21. The highest BCUT2D eigenvalue weighted by Gasteiger charge is 2.22. The molecule has 1 saturated heterocycles. The third kappa shape index (κ3) is 3.19. The molecule has 0 radical (unpaired) electrons. The molecule has 1 aliphatic heterocycles. The van der Waals surface area contributed by atoms with Crippen molar-refractivity contribution in [2.24, 2.45) is 0 Å². The zero-order valence-electron chi connectivity index (χ0n) is 23.4. The summed E-state index contributed by atoms with van der Waals surface area (Å²) in [5, 5.41) is -0.229. The molecule has 5 heteroatoms. The average Bonchev–Trinajstić information content (AvgIpc) is 3.07. The van der Waals surface area contributed by atoms with Crippen LogP contribution >= 0.6 is 0 Å². The number of likely N-dealkylation sites (N-methyl/N-ethyl adjacent to an activating group) is 1. The van der Waals surface area contributed by atoms with Crippen LogP contribution in [0.4, 0.5) is 4.79 Å². The van der Waals surface area contributed by atoms with Gasteiger partial charge < -0.3 is 19.9 Å². The minimum absolute atomic E-state index is 0.211. The van der Waals surface area contributed by atoms with Crippen molar-refractivity contribution in [3.63, 3.8) is 0 Å². The van der Waals surface area contributed by atoms with Gasteiger partial charge in [0, 0.05) is 29.1 Å². The van der Waals surface area contributed by atoms with Crippen molar-refractivity contribution in [3.8, 4) is 0 Å². The molecular formula is C16H21N3O2. The maximum absolute atomic E-state index is 11.6. The molecule has 0 saturated carbocycles. The summed E-state index contributed by atoms with van der Waals surface area (Å²) in [6.45, 7) is -5.34. The second kappa shape index (κ2) is 5.77. The van der Waals surface area contributed by atoms with Crippen molar-refractivity contribution in [3.05, 3.63) is 35.4 Å². The van der Waals surface area contributed by atoms with E-state index in [2.05, 4.69) is 4.74 Å². The van der Waals surface area contributed by atoms with E-state index in [-0.39, 0.29) is 10.9 Å². The smallest absolute Gasteiger partial charge is 0.407 e. The van der Waals surface area contributed by atoms with Gasteiger partial charge in [-0.1, -0.05) is 6.04 Å². The highest BCUT2D eigenvalue weighted by molar-refractivity contribution is 5.84. The van der Waals surface area contributed by atoms with Gasteiger partial charge in [-0.05, 0) is 50.1 Å². The van der Waals surface area contributed by atoms with E-state index in [1.807, 2.05) is 0 Å². The molecule has 2 heterocycles. The highest BCUT2D eigenvalue weighted by atomic mass is 16.6. The monoisotopic (exact) mass is 299 g/mol. The summed E-state index contributed by atoms with van der Waals surface area (Å²) in [5.41, 5.74) is -1.45. The first-order chi connectivity index (χ1) is 14.9. The van der Waals surface area contributed by atoms with Crippen molar-refractivity contribution in [1.29, 1.82) is 0 Å². The lowest BCUT2D eigenvalue weighted by Gasteiger charge is -2.09. The van der Waals surface area contributed by atoms with Crippen LogP contribution in [0.5, 0.6) is 0 Å². The number of carbonyl (C=O) groups excluding carboxylic acids is 1. The largest absolute Gasteiger partial charge is 0.447 e. The molecule has 2 aromatic rings. The summed E-state index contributed by atoms with van der Waals surface area (Å²) < 4.78 is 103. The Kier molecular flexibility index (Phi) is 1.55. The van der Waals surface area contributed by atoms with E-state index >= 15 is 0 Å². The Hall–Kier alpha value is -2.01. The summed E-state index contributed by atoms with van der Waals surface area (Å²) in [5.74, 6) is 0. The van der Waals surface area contributed by atoms with Crippen LogP contribution in [-0.4, -0.2) is 49.2 Å². The molecule has 1 aromatic carbocycles. The van der Waals surface area contributed by atoms with E-state index in [9.17, 15) is 4.79 Å². The molecule has 0 unspecified atom stereocenters. The maximum Gasteiger partial charge on any atom is 0.407 e. The lowest BCUT2D eigenvalue weighted by Crippen LogP contribution is -2.28. The Balaban J connectivity index is 2.35. The lowest BCUT2D eigenvalue weighted by atomic mass is 10.0. The van der Waals surface area contributed by atoms with Gasteiger partial charge in [-0.2, -0.15) is 0 Å². The van der Waals surface area contributed by atoms with Crippen LogP contribution in [0.3, 0.4) is 0 Å². The van der Waals surface area contributed by atoms with Gasteiger partial charge in [-0.3, -0.25) is 0 Å². The maximum atomic E-state index is 11.6. The number of fused-ring (bicyclic) bond motifs is 1. The van der Waals surface area contributed by atoms with Crippen molar-refractivity contribution in [1.82, 2.24) is 15.2 Å². The molecular weight excluding hydrogens is 266 g/mol. The molecule has 0 bridgehead atoms. The predicted octanol–water partition coefficient (Wildman–Crippen LogP) is 1.92. The number of nitrogens with one attached hydrogen (secondary N) is 2. The molecule has 1 atom stereocenters. The number of alkyl carbamates (subject to hydrolysis) is 1. The second-order valence-corrected chi connectivity index (χ2v) is 4.64. The third-order valence-corrected chi connectivity index (χ3v) is 2.72. The quantitative estimate of drug-likeness (QED) is 0.887. The number of rotatable bonds is 5. The van der Waals surface area contributed by atoms with Gasteiger partial charge in [-0.15, -0.1) is 0 Å². The number of benzene rings is 1. The number of H-pyrrole nitrogens is 1. The number of amides is 1. The molecule has 5 nitrogen and oxygen atoms in total. The molecule has 0 aliphatic carbocycles. The van der Waals surface area contributed by atoms with E-state index < -0.39 is 78.8 Å². The van der Waals surface area contributed by atoms with Crippen LogP contribution in [0.2, 0.25) is 2.82 Å². The standard InChI is InChI=1S/C16H21N3O2/c1-19(2)6-5-12-9-17-15-4-3-11(8-14(12)15)7-13-10-21-16(20)18-13/h3-4,8-9,13,17H,5-7,10H2,1-2H3,(H,18,20)/t13-/m0/s1/i3D,4D,5D2,6D2,8D,9D,10D2/hD2. The Labute approximate surface area is 141 Å². The van der Waals surface area contributed by atoms with Gasteiger partial charge in [-0.25, -0.2) is 4.79 Å². The van der Waals surface area contributed by atoms with Gasteiger partial charge in [0.25, 0.3) is 0 Å². The van der Waals surface area contributed by atoms with Gasteiger partial charge in [0.2, 0.25) is 0 Å². The van der Waals surface area contributed by atoms with Crippen LogP contribution in [0.1, 0.15) is 24.8 Å². The molecule has 3 rings (SSSR count). The van der Waals surface area contributed by atoms with Crippen LogP contribution < -0.4 is 5.31 Å². The predicted molar refractivity (Wildman–Crippen MR) is 82.5 cm³/mol. The molecule has 1 amide bonds. The summed E-state index contributed by atoms with van der Waals surface area (Å²) in [6, 6.07) is -3.49. The molecule has 0 spiro atoms. The number of nitrogens with zero attached hydrogens (tertiary/aromatic N) is 1. The number of carbonyl (C=O) groups is 1. The zero-order valence-corrected chi connectivity index (χ0v) is 11.4. The van der Waals surface area contributed by atoms with Gasteiger partial charge in [0.1, 0.15) is 6.56 Å². The van der Waals surface area contributed by atoms with Crippen LogP contribution in [0.25, 0.3) is 10.9 Å². The van der Waals surface area contributed by atoms with Crippen molar-refractivity contribution >= 4 is 17.0 Å². The Morgan fingerprint density at radius 3 is 3.19 bits per heavy atom. The van der Waals surface area contributed by atoms with Crippen molar-refractivity contribution in [2.45, 2.75) is 18.8 Å². The summed E-state index contributed by atoms with van der Waals surface area (Å²) in [4.78, 5) is 12.9. The first-order valence-electron chi connectivity index (χ1n) is 12.1. The molecule has 1 aliphatic rings. The minimum atomic E-state index is -2.94. The fourth-order valence-corrected chi connectivity index (χ4v) is 1.81. The molecule has 1 fully saturated rings. The fourth-order valence-electron chi connectivity index (χ4n) is 1.81. The van der Waals surface area contributed by atoms with E-state index in [0.717, 1.165) is 4.90 Å². The third-order valence-electron chi connectivity index (χ3n) is 2.72. The first kappa shape index (κ1) is 5.65. The Morgan fingerprint density at radius 1 is 1.62 bits per heavy atom. The number of hydrogen-bond acceptors (Lipinski definition) is 3. The lowest BCUT2D eigenvalue weighted by molar-refractivity contribution is 0.177. The number of cyclic esters (lactones) is 1. The topological polar surface area (TPSA) is 57.4 Å². The number of aromatic nitrogens is 1. The van der Waals surface area contributed by atoms with Crippen LogP contribution in [0, 0.1) is 0 Å². The Bertz CT molecular complexity index is 1150. The van der Waals surface area contributed by atoms with Crippen LogP contribution in [0.15, 0.2) is 24.3 Å². The van der Waals surface area contributed by atoms with Crippen LogP contribution in [-0.2, 0) is 17.5 Å². The molecule has 1 aromatic heterocycles. The fraction of sp³-hybridized carbons (Fsp3) is 0.438. The number of ether oxygens (including phenoxy) is 1. The number of aryl methyl sites for hydroxylation is 1. The van der Waals surface area contributed by atoms with E-state index in [0.29, 0.717) is 4.98 Å². The van der Waals surface area contributed by atoms with Gasteiger partial charge in [0.15, 0.2) is 2.82 Å². The SMILES string of the molecule is [2H]c1c(C[C@@H]2N([2H])C(=O)OC2([2H])[2H])c([2H])c2c(C([2H])([2H])C([2H])([2H])N(C)C)c([2H])n([2H])c2c1[2H]. The number of hydrogen-bond donors (Lipinski definition) is 2. The first-order valence-corrected chi connectivity index (χ1v) is 6.21. The van der Waals surface area contributed by atoms with E-state index in [1.165, 1.54) is 14.1 Å². The van der Waals surface area contributed by atoms with Gasteiger partial charge >= 0.3 is 6.09 Å². The molecule has 21 heavy (non-hydrogen) atoms. The van der Waals surface area contributed by atoms with Crippen molar-refractivity contribution in [2.75, 3.05) is 27.2 Å². The summed E-state index contributed by atoms with van der Waals surface area (Å²) >= 11 is 0. The molecule has 112 valence electrons. The van der Waals surface area contributed by atoms with E-state index in [1.54, 1.807) is 0 Å². The van der Waals surface area contributed by atoms with Crippen molar-refractivity contribution < 1.29 is 26.1 Å². The molecule has 2 N–H and O–H groups in total. The Morgan fingerprint density at radius 2 is 2.48 bits per heavy atom. The summed E-state index contributed by atoms with van der Waals surface area (Å²) in [6.07, 6.45) is -5.64. The minimum Gasteiger partial charge on any atom is -0.447 e. The second-order valence-electron chi connectivity index (χ2n) is 4.64. The van der Waals surface area contributed by atoms with Gasteiger partial charge in [0.05, 0.1) is 14.3 Å². The van der Waals surface area contributed by atoms with E-state index in [4.69, 9.17) is 16.5 Å². The number of aromatic amines is 1. The zero-order chi connectivity index (χ0) is 25.4. The summed E-state index contributed by atoms with van der Waals surface area (Å²) in [7, 11) is 2.54. The average molecular weight is 299 g/mol. The normalized spacial score (nSPS) is 30.7.